The number of aromatic amines is 1. The van der Waals surface area contributed by atoms with Crippen LogP contribution in [-0.2, 0) is 17.8 Å². The molecule has 0 fully saturated rings. The van der Waals surface area contributed by atoms with Crippen molar-refractivity contribution in [3.05, 3.63) is 51.3 Å². The molecule has 3 aromatic rings. The van der Waals surface area contributed by atoms with Crippen LogP contribution in [0.5, 0.6) is 0 Å². The van der Waals surface area contributed by atoms with E-state index in [1.54, 1.807) is 29.3 Å². The normalized spacial score (nSPS) is 14.1. The Kier molecular flexibility index (Phi) is 7.05. The van der Waals surface area contributed by atoms with Gasteiger partial charge in [0, 0.05) is 42.0 Å². The van der Waals surface area contributed by atoms with E-state index in [9.17, 15) is 14.4 Å². The smallest absolute Gasteiger partial charge is 0.261 e. The van der Waals surface area contributed by atoms with E-state index >= 15 is 0 Å². The lowest BCUT2D eigenvalue weighted by Crippen LogP contribution is -2.49. The van der Waals surface area contributed by atoms with E-state index in [-0.39, 0.29) is 17.7 Å². The molecule has 0 radical (unpaired) electrons. The van der Waals surface area contributed by atoms with Crippen molar-refractivity contribution in [3.8, 4) is 0 Å². The Balaban J connectivity index is 1.40. The van der Waals surface area contributed by atoms with E-state index in [2.05, 4.69) is 26.1 Å². The Hall–Kier alpha value is -3.24. The number of nitrogens with zero attached hydrogens (tertiary/aromatic N) is 2. The molecule has 1 aromatic carbocycles. The lowest BCUT2D eigenvalue weighted by molar-refractivity contribution is -0.134. The molecule has 1 aliphatic heterocycles. The molecule has 174 valence electrons. The van der Waals surface area contributed by atoms with Crippen molar-refractivity contribution in [2.24, 2.45) is 0 Å². The zero-order valence-electron chi connectivity index (χ0n) is 18.7. The summed E-state index contributed by atoms with van der Waals surface area (Å²) in [4.78, 5) is 41.9. The fourth-order valence-corrected chi connectivity index (χ4v) is 4.98. The zero-order chi connectivity index (χ0) is 23.4. The van der Waals surface area contributed by atoms with Crippen molar-refractivity contribution in [1.29, 1.82) is 0 Å². The van der Waals surface area contributed by atoms with E-state index < -0.39 is 6.04 Å². The second-order valence-electron chi connectivity index (χ2n) is 8.03. The molecule has 1 atom stereocenters. The third-order valence-electron chi connectivity index (χ3n) is 5.78. The van der Waals surface area contributed by atoms with E-state index in [0.717, 1.165) is 21.3 Å². The van der Waals surface area contributed by atoms with Crippen LogP contribution < -0.4 is 16.0 Å². The van der Waals surface area contributed by atoms with Gasteiger partial charge in [-0.3, -0.25) is 19.5 Å². The largest absolute Gasteiger partial charge is 0.350 e. The number of aromatic nitrogens is 2. The number of benzene rings is 1. The molecule has 4 N–H and O–H groups in total. The van der Waals surface area contributed by atoms with Gasteiger partial charge in [0.2, 0.25) is 5.91 Å². The maximum atomic E-state index is 13.2. The second-order valence-corrected chi connectivity index (χ2v) is 9.17. The molecule has 0 unspecified atom stereocenters. The molecule has 0 saturated carbocycles. The van der Waals surface area contributed by atoms with Gasteiger partial charge in [-0.15, -0.1) is 11.3 Å². The van der Waals surface area contributed by atoms with Crippen molar-refractivity contribution >= 4 is 40.0 Å². The van der Waals surface area contributed by atoms with E-state index in [1.807, 2.05) is 20.0 Å². The number of fused-ring (bicyclic) bond motifs is 2. The van der Waals surface area contributed by atoms with Gasteiger partial charge in [-0.2, -0.15) is 5.10 Å². The van der Waals surface area contributed by atoms with Crippen LogP contribution in [0.1, 0.15) is 43.8 Å². The first kappa shape index (κ1) is 22.9. The van der Waals surface area contributed by atoms with Crippen LogP contribution in [0.25, 0.3) is 10.9 Å². The van der Waals surface area contributed by atoms with Crippen molar-refractivity contribution in [3.63, 3.8) is 0 Å². The first-order valence-corrected chi connectivity index (χ1v) is 11.9. The standard InChI is InChI=1S/C23H28N6O3S/c1-3-17(27-21(30)14-4-5-18-15(10-14)12-26-28-18)23(32)29-9-6-19-16(13-29)11-20(33-19)22(31)25-8-7-24-2/h4-5,10-12,17,24H,3,6-9,13H2,1-2H3,(H,25,31)(H,26,28)(H,27,30)/t17-/m1/s1. The third-order valence-corrected chi connectivity index (χ3v) is 7.01. The van der Waals surface area contributed by atoms with E-state index in [4.69, 9.17) is 0 Å². The number of carbonyl (C=O) groups is 3. The van der Waals surface area contributed by atoms with Gasteiger partial charge in [0.05, 0.1) is 16.6 Å². The fourth-order valence-electron chi connectivity index (χ4n) is 3.91. The summed E-state index contributed by atoms with van der Waals surface area (Å²) in [6.07, 6.45) is 2.86. The molecule has 4 rings (SSSR count). The molecule has 0 aliphatic carbocycles. The summed E-state index contributed by atoms with van der Waals surface area (Å²) in [7, 11) is 1.84. The zero-order valence-corrected chi connectivity index (χ0v) is 19.6. The SMILES string of the molecule is CC[C@@H](NC(=O)c1ccc2[nH]ncc2c1)C(=O)N1CCc2sc(C(=O)NCCNC)cc2C1. The number of H-pyrrole nitrogens is 1. The van der Waals surface area contributed by atoms with Crippen LogP contribution in [0.3, 0.4) is 0 Å². The first-order chi connectivity index (χ1) is 16.0. The van der Waals surface area contributed by atoms with Crippen LogP contribution >= 0.6 is 11.3 Å². The summed E-state index contributed by atoms with van der Waals surface area (Å²) in [5.41, 5.74) is 2.34. The Morgan fingerprint density at radius 3 is 2.85 bits per heavy atom. The maximum Gasteiger partial charge on any atom is 0.261 e. The number of carbonyl (C=O) groups excluding carboxylic acids is 3. The average Bonchev–Trinajstić information content (AvgIpc) is 3.47. The van der Waals surface area contributed by atoms with Crippen LogP contribution in [0.15, 0.2) is 30.5 Å². The highest BCUT2D eigenvalue weighted by Crippen LogP contribution is 2.28. The molecular formula is C23H28N6O3S. The third kappa shape index (κ3) is 5.07. The summed E-state index contributed by atoms with van der Waals surface area (Å²) in [6.45, 7) is 4.17. The Morgan fingerprint density at radius 1 is 1.21 bits per heavy atom. The van der Waals surface area contributed by atoms with Crippen molar-refractivity contribution in [1.82, 2.24) is 31.0 Å². The minimum absolute atomic E-state index is 0.0872. The van der Waals surface area contributed by atoms with Gasteiger partial charge in [0.1, 0.15) is 6.04 Å². The van der Waals surface area contributed by atoms with Crippen LogP contribution in [-0.4, -0.2) is 65.5 Å². The summed E-state index contributed by atoms with van der Waals surface area (Å²) >= 11 is 1.49. The molecule has 9 nitrogen and oxygen atoms in total. The molecule has 0 bridgehead atoms. The Morgan fingerprint density at radius 2 is 2.06 bits per heavy atom. The minimum Gasteiger partial charge on any atom is -0.350 e. The van der Waals surface area contributed by atoms with Gasteiger partial charge in [-0.25, -0.2) is 0 Å². The van der Waals surface area contributed by atoms with Gasteiger partial charge in [0.15, 0.2) is 0 Å². The molecule has 0 spiro atoms. The Labute approximate surface area is 195 Å². The second kappa shape index (κ2) is 10.1. The topological polar surface area (TPSA) is 119 Å². The maximum absolute atomic E-state index is 13.2. The lowest BCUT2D eigenvalue weighted by Gasteiger charge is -2.30. The van der Waals surface area contributed by atoms with Crippen molar-refractivity contribution in [2.75, 3.05) is 26.7 Å². The van der Waals surface area contributed by atoms with Crippen LogP contribution in [0, 0.1) is 0 Å². The monoisotopic (exact) mass is 468 g/mol. The summed E-state index contributed by atoms with van der Waals surface area (Å²) in [6, 6.07) is 6.55. The molecule has 33 heavy (non-hydrogen) atoms. The van der Waals surface area contributed by atoms with Crippen LogP contribution in [0.4, 0.5) is 0 Å². The molecule has 3 heterocycles. The van der Waals surface area contributed by atoms with Crippen molar-refractivity contribution in [2.45, 2.75) is 32.4 Å². The van der Waals surface area contributed by atoms with Crippen molar-refractivity contribution < 1.29 is 14.4 Å². The number of rotatable bonds is 8. The number of likely N-dealkylation sites (N-methyl/N-ethyl adjacent to an activating group) is 1. The number of thiophene rings is 1. The van der Waals surface area contributed by atoms with Gasteiger partial charge >= 0.3 is 0 Å². The highest BCUT2D eigenvalue weighted by atomic mass is 32.1. The fraction of sp³-hybridized carbons (Fsp3) is 0.391. The lowest BCUT2D eigenvalue weighted by atomic mass is 10.1. The van der Waals surface area contributed by atoms with Crippen LogP contribution in [0.2, 0.25) is 0 Å². The van der Waals surface area contributed by atoms with Gasteiger partial charge in [0.25, 0.3) is 11.8 Å². The molecule has 10 heteroatoms. The van der Waals surface area contributed by atoms with Gasteiger partial charge in [-0.05, 0) is 49.7 Å². The molecule has 1 aliphatic rings. The molecule has 2 aromatic heterocycles. The first-order valence-electron chi connectivity index (χ1n) is 11.1. The summed E-state index contributed by atoms with van der Waals surface area (Å²) in [5, 5.41) is 16.4. The number of amides is 3. The molecule has 3 amide bonds. The van der Waals surface area contributed by atoms with Gasteiger partial charge in [-0.1, -0.05) is 6.92 Å². The number of nitrogens with one attached hydrogen (secondary N) is 4. The number of hydrogen-bond acceptors (Lipinski definition) is 6. The summed E-state index contributed by atoms with van der Waals surface area (Å²) in [5.74, 6) is -0.477. The van der Waals surface area contributed by atoms with E-state index in [1.165, 1.54) is 11.3 Å². The highest BCUT2D eigenvalue weighted by Gasteiger charge is 2.29. The molecular weight excluding hydrogens is 440 g/mol. The quantitative estimate of drug-likeness (QED) is 0.375. The average molecular weight is 469 g/mol. The van der Waals surface area contributed by atoms with Gasteiger partial charge < -0.3 is 20.9 Å². The predicted octanol–water partition coefficient (Wildman–Crippen LogP) is 1.67. The Bertz CT molecular complexity index is 1170. The predicted molar refractivity (Wildman–Crippen MR) is 127 cm³/mol. The highest BCUT2D eigenvalue weighted by molar-refractivity contribution is 7.14. The number of hydrogen-bond donors (Lipinski definition) is 4. The van der Waals surface area contributed by atoms with E-state index in [0.29, 0.717) is 49.5 Å². The summed E-state index contributed by atoms with van der Waals surface area (Å²) < 4.78 is 0. The molecule has 0 saturated heterocycles. The minimum atomic E-state index is -0.609.